The first kappa shape index (κ1) is 19.1. The summed E-state index contributed by atoms with van der Waals surface area (Å²) in [6.07, 6.45) is 1.84. The summed E-state index contributed by atoms with van der Waals surface area (Å²) in [5.74, 6) is 0.261. The molecule has 1 aromatic heterocycles. The van der Waals surface area contributed by atoms with Crippen LogP contribution in [-0.2, 0) is 16.1 Å². The van der Waals surface area contributed by atoms with Gasteiger partial charge in [-0.15, -0.1) is 0 Å². The van der Waals surface area contributed by atoms with E-state index in [9.17, 15) is 9.59 Å². The van der Waals surface area contributed by atoms with Gasteiger partial charge >= 0.3 is 5.97 Å². The minimum Gasteiger partial charge on any atom is -0.496 e. The van der Waals surface area contributed by atoms with Gasteiger partial charge in [-0.2, -0.15) is 0 Å². The van der Waals surface area contributed by atoms with Gasteiger partial charge in [-0.1, -0.05) is 41.7 Å². The molecule has 0 unspecified atom stereocenters. The van der Waals surface area contributed by atoms with E-state index in [4.69, 9.17) is 9.47 Å². The second-order valence-electron chi connectivity index (χ2n) is 6.58. The standard InChI is InChI=1S/C22H20N2O4S/c1-4-28-21(26)17-12-24-20(25)19(29-22(24)23-13(17)2)11-16-15-8-6-5-7-14(15)9-10-18(16)27-3/h5-11H,4,12H2,1-3H3/b19-11-. The maximum atomic E-state index is 13.1. The molecule has 0 fully saturated rings. The largest absolute Gasteiger partial charge is 0.496 e. The van der Waals surface area contributed by atoms with E-state index in [0.29, 0.717) is 26.4 Å². The number of ether oxygens (including phenoxy) is 2. The Labute approximate surface area is 171 Å². The van der Waals surface area contributed by atoms with E-state index in [2.05, 4.69) is 4.99 Å². The zero-order valence-corrected chi connectivity index (χ0v) is 17.2. The van der Waals surface area contributed by atoms with Crippen molar-refractivity contribution in [2.24, 2.45) is 4.99 Å². The first-order valence-electron chi connectivity index (χ1n) is 9.26. The molecule has 0 spiro atoms. The molecule has 0 saturated heterocycles. The minimum absolute atomic E-state index is 0.166. The van der Waals surface area contributed by atoms with E-state index in [1.54, 1.807) is 21.0 Å². The van der Waals surface area contributed by atoms with Crippen molar-refractivity contribution in [2.75, 3.05) is 13.7 Å². The number of benzene rings is 2. The maximum absolute atomic E-state index is 13.1. The van der Waals surface area contributed by atoms with E-state index >= 15 is 0 Å². The molecule has 4 rings (SSSR count). The SMILES string of the molecule is CCOC(=O)C1=C(C)N=c2s/c(=C\c3c(OC)ccc4ccccc34)c(=O)n2C1. The van der Waals surface area contributed by atoms with Gasteiger partial charge in [-0.05, 0) is 36.8 Å². The van der Waals surface area contributed by atoms with E-state index in [1.807, 2.05) is 42.5 Å². The second kappa shape index (κ2) is 7.67. The number of carbonyl (C=O) groups excluding carboxylic acids is 1. The lowest BCUT2D eigenvalue weighted by Gasteiger charge is -2.12. The Morgan fingerprint density at radius 3 is 2.83 bits per heavy atom. The molecule has 0 radical (unpaired) electrons. The molecule has 6 nitrogen and oxygen atoms in total. The van der Waals surface area contributed by atoms with Gasteiger partial charge in [0.1, 0.15) is 5.75 Å². The average Bonchev–Trinajstić information content (AvgIpc) is 3.02. The number of hydrogen-bond acceptors (Lipinski definition) is 6. The molecular weight excluding hydrogens is 388 g/mol. The summed E-state index contributed by atoms with van der Waals surface area (Å²) >= 11 is 1.30. The second-order valence-corrected chi connectivity index (χ2v) is 7.59. The van der Waals surface area contributed by atoms with E-state index < -0.39 is 5.97 Å². The summed E-state index contributed by atoms with van der Waals surface area (Å²) in [6, 6.07) is 11.8. The Hall–Kier alpha value is -3.19. The number of rotatable bonds is 4. The van der Waals surface area contributed by atoms with Gasteiger partial charge in [0.15, 0.2) is 4.80 Å². The lowest BCUT2D eigenvalue weighted by atomic mass is 10.0. The van der Waals surface area contributed by atoms with Gasteiger partial charge in [0, 0.05) is 5.56 Å². The van der Waals surface area contributed by atoms with Crippen molar-refractivity contribution in [2.45, 2.75) is 20.4 Å². The molecular formula is C22H20N2O4S. The zero-order valence-electron chi connectivity index (χ0n) is 16.4. The van der Waals surface area contributed by atoms with Gasteiger partial charge in [0.2, 0.25) is 0 Å². The van der Waals surface area contributed by atoms with Crippen molar-refractivity contribution in [1.82, 2.24) is 4.57 Å². The Bertz CT molecular complexity index is 1330. The number of thiazole rings is 1. The molecule has 29 heavy (non-hydrogen) atoms. The molecule has 2 heterocycles. The molecule has 3 aromatic rings. The molecule has 1 aliphatic rings. The number of fused-ring (bicyclic) bond motifs is 2. The van der Waals surface area contributed by atoms with Crippen molar-refractivity contribution in [1.29, 1.82) is 0 Å². The summed E-state index contributed by atoms with van der Waals surface area (Å²) in [4.78, 5) is 30.3. The Balaban J connectivity index is 1.88. The number of methoxy groups -OCH3 is 1. The summed E-state index contributed by atoms with van der Waals surface area (Å²) in [6.45, 7) is 3.96. The molecule has 7 heteroatoms. The van der Waals surface area contributed by atoms with Crippen molar-refractivity contribution in [3.05, 3.63) is 72.9 Å². The maximum Gasteiger partial charge on any atom is 0.337 e. The number of esters is 1. The van der Waals surface area contributed by atoms with Crippen LogP contribution in [0.4, 0.5) is 0 Å². The molecule has 0 atom stereocenters. The van der Waals surface area contributed by atoms with Crippen LogP contribution in [0.2, 0.25) is 0 Å². The fourth-order valence-electron chi connectivity index (χ4n) is 3.38. The summed E-state index contributed by atoms with van der Waals surface area (Å²) < 4.78 is 12.7. The fourth-order valence-corrected chi connectivity index (χ4v) is 4.39. The Morgan fingerprint density at radius 2 is 2.07 bits per heavy atom. The number of allylic oxidation sites excluding steroid dienone is 1. The van der Waals surface area contributed by atoms with Crippen LogP contribution in [-0.4, -0.2) is 24.3 Å². The van der Waals surface area contributed by atoms with Crippen molar-refractivity contribution < 1.29 is 14.3 Å². The van der Waals surface area contributed by atoms with Crippen LogP contribution in [0.5, 0.6) is 5.75 Å². The third-order valence-corrected chi connectivity index (χ3v) is 5.86. The van der Waals surface area contributed by atoms with Crippen LogP contribution in [0.15, 0.2) is 57.5 Å². The summed E-state index contributed by atoms with van der Waals surface area (Å²) in [7, 11) is 1.61. The van der Waals surface area contributed by atoms with Crippen molar-refractivity contribution in [3.63, 3.8) is 0 Å². The third-order valence-electron chi connectivity index (χ3n) is 4.85. The predicted octanol–water partition coefficient (Wildman–Crippen LogP) is 2.37. The van der Waals surface area contributed by atoms with Gasteiger partial charge in [-0.25, -0.2) is 9.79 Å². The summed E-state index contributed by atoms with van der Waals surface area (Å²) in [5.41, 5.74) is 1.66. The smallest absolute Gasteiger partial charge is 0.337 e. The zero-order chi connectivity index (χ0) is 20.5. The minimum atomic E-state index is -0.432. The van der Waals surface area contributed by atoms with Crippen LogP contribution >= 0.6 is 11.3 Å². The van der Waals surface area contributed by atoms with Gasteiger partial charge in [0.05, 0.1) is 36.1 Å². The molecule has 0 aliphatic carbocycles. The van der Waals surface area contributed by atoms with Gasteiger partial charge in [-0.3, -0.25) is 9.36 Å². The van der Waals surface area contributed by atoms with Crippen molar-refractivity contribution in [3.8, 4) is 5.75 Å². The molecule has 2 aromatic carbocycles. The van der Waals surface area contributed by atoms with Crippen LogP contribution in [0.1, 0.15) is 19.4 Å². The van der Waals surface area contributed by atoms with E-state index in [-0.39, 0.29) is 18.7 Å². The number of nitrogens with zero attached hydrogens (tertiary/aromatic N) is 2. The van der Waals surface area contributed by atoms with E-state index in [1.165, 1.54) is 15.9 Å². The van der Waals surface area contributed by atoms with Crippen LogP contribution < -0.4 is 19.6 Å². The number of carbonyl (C=O) groups is 1. The van der Waals surface area contributed by atoms with Crippen molar-refractivity contribution >= 4 is 34.2 Å². The first-order valence-corrected chi connectivity index (χ1v) is 10.1. The van der Waals surface area contributed by atoms with Gasteiger partial charge < -0.3 is 9.47 Å². The van der Waals surface area contributed by atoms with Gasteiger partial charge in [0.25, 0.3) is 5.56 Å². The predicted molar refractivity (Wildman–Crippen MR) is 113 cm³/mol. The fraction of sp³-hybridized carbons (Fsp3) is 0.227. The molecule has 0 bridgehead atoms. The molecule has 1 aliphatic heterocycles. The normalized spacial score (nSPS) is 14.0. The van der Waals surface area contributed by atoms with Crippen LogP contribution in [0.3, 0.4) is 0 Å². The molecule has 0 N–H and O–H groups in total. The average molecular weight is 408 g/mol. The molecule has 0 saturated carbocycles. The highest BCUT2D eigenvalue weighted by atomic mass is 32.1. The lowest BCUT2D eigenvalue weighted by molar-refractivity contribution is -0.138. The van der Waals surface area contributed by atoms with Crippen LogP contribution in [0.25, 0.3) is 16.8 Å². The summed E-state index contributed by atoms with van der Waals surface area (Å²) in [5, 5.41) is 2.06. The lowest BCUT2D eigenvalue weighted by Crippen LogP contribution is -2.35. The Morgan fingerprint density at radius 1 is 1.28 bits per heavy atom. The number of hydrogen-bond donors (Lipinski definition) is 0. The first-order chi connectivity index (χ1) is 14.0. The topological polar surface area (TPSA) is 69.9 Å². The molecule has 148 valence electrons. The monoisotopic (exact) mass is 408 g/mol. The highest BCUT2D eigenvalue weighted by molar-refractivity contribution is 7.07. The van der Waals surface area contributed by atoms with E-state index in [0.717, 1.165) is 16.3 Å². The molecule has 0 amide bonds. The number of aromatic nitrogens is 1. The highest BCUT2D eigenvalue weighted by Crippen LogP contribution is 2.28. The van der Waals surface area contributed by atoms with Crippen LogP contribution in [0, 0.1) is 0 Å². The third kappa shape index (κ3) is 3.38. The Kier molecular flexibility index (Phi) is 5.07. The highest BCUT2D eigenvalue weighted by Gasteiger charge is 2.21. The quantitative estimate of drug-likeness (QED) is 0.622.